The standard InChI is InChI=1S/C15H22N2O2S/c1-9(2)12-7-10(15(18)19)8-14(17-12)16-11-5-4-6-13(11)20-3/h7-9,11,13H,4-6H2,1-3H3,(H,16,17)(H,18,19). The maximum atomic E-state index is 11.2. The summed E-state index contributed by atoms with van der Waals surface area (Å²) in [5, 5.41) is 13.2. The first-order valence-corrected chi connectivity index (χ1v) is 8.34. The second kappa shape index (κ2) is 6.48. The molecule has 1 aromatic heterocycles. The molecule has 0 aliphatic heterocycles. The van der Waals surface area contributed by atoms with E-state index in [0.29, 0.717) is 22.7 Å². The second-order valence-corrected chi connectivity index (χ2v) is 6.66. The Balaban J connectivity index is 2.24. The van der Waals surface area contributed by atoms with Crippen LogP contribution in [0.25, 0.3) is 0 Å². The van der Waals surface area contributed by atoms with Crippen molar-refractivity contribution in [3.63, 3.8) is 0 Å². The number of hydrogen-bond acceptors (Lipinski definition) is 4. The van der Waals surface area contributed by atoms with Gasteiger partial charge in [-0.2, -0.15) is 11.8 Å². The number of carboxylic acid groups (broad SMARTS) is 1. The van der Waals surface area contributed by atoms with Gasteiger partial charge in [-0.05, 0) is 37.1 Å². The van der Waals surface area contributed by atoms with E-state index in [4.69, 9.17) is 0 Å². The molecule has 1 saturated carbocycles. The van der Waals surface area contributed by atoms with Crippen molar-refractivity contribution in [2.75, 3.05) is 11.6 Å². The average Bonchev–Trinajstić information content (AvgIpc) is 2.85. The van der Waals surface area contributed by atoms with E-state index in [0.717, 1.165) is 12.1 Å². The molecule has 0 amide bonds. The van der Waals surface area contributed by atoms with E-state index in [1.54, 1.807) is 12.1 Å². The number of nitrogens with one attached hydrogen (secondary N) is 1. The van der Waals surface area contributed by atoms with E-state index in [1.165, 1.54) is 12.8 Å². The van der Waals surface area contributed by atoms with Crippen molar-refractivity contribution in [3.05, 3.63) is 23.4 Å². The Morgan fingerprint density at radius 1 is 1.45 bits per heavy atom. The molecule has 5 heteroatoms. The van der Waals surface area contributed by atoms with Crippen molar-refractivity contribution in [3.8, 4) is 0 Å². The van der Waals surface area contributed by atoms with Crippen molar-refractivity contribution in [2.24, 2.45) is 0 Å². The van der Waals surface area contributed by atoms with Crippen LogP contribution in [-0.4, -0.2) is 33.6 Å². The molecule has 1 fully saturated rings. The topological polar surface area (TPSA) is 62.2 Å². The summed E-state index contributed by atoms with van der Waals surface area (Å²) in [6, 6.07) is 3.70. The summed E-state index contributed by atoms with van der Waals surface area (Å²) >= 11 is 1.87. The zero-order chi connectivity index (χ0) is 14.7. The van der Waals surface area contributed by atoms with Gasteiger partial charge in [-0.25, -0.2) is 9.78 Å². The predicted octanol–water partition coefficient (Wildman–Crippen LogP) is 3.60. The van der Waals surface area contributed by atoms with Crippen molar-refractivity contribution in [2.45, 2.75) is 50.3 Å². The fourth-order valence-electron chi connectivity index (χ4n) is 2.61. The third kappa shape index (κ3) is 3.45. The van der Waals surface area contributed by atoms with Crippen LogP contribution >= 0.6 is 11.8 Å². The first-order valence-electron chi connectivity index (χ1n) is 7.06. The van der Waals surface area contributed by atoms with Crippen LogP contribution in [0.2, 0.25) is 0 Å². The Morgan fingerprint density at radius 3 is 2.80 bits per heavy atom. The van der Waals surface area contributed by atoms with Crippen LogP contribution in [0.15, 0.2) is 12.1 Å². The third-order valence-corrected chi connectivity index (χ3v) is 4.94. The summed E-state index contributed by atoms with van der Waals surface area (Å²) in [5.74, 6) is 0.0134. The lowest BCUT2D eigenvalue weighted by molar-refractivity contribution is 0.0696. The quantitative estimate of drug-likeness (QED) is 0.869. The largest absolute Gasteiger partial charge is 0.478 e. The smallest absolute Gasteiger partial charge is 0.335 e. The minimum Gasteiger partial charge on any atom is -0.478 e. The van der Waals surface area contributed by atoms with Crippen LogP contribution in [0.5, 0.6) is 0 Å². The SMILES string of the molecule is CSC1CCCC1Nc1cc(C(=O)O)cc(C(C)C)n1. The molecule has 0 aromatic carbocycles. The molecular formula is C15H22N2O2S. The van der Waals surface area contributed by atoms with Gasteiger partial charge in [0.15, 0.2) is 0 Å². The number of pyridine rings is 1. The van der Waals surface area contributed by atoms with E-state index in [2.05, 4.69) is 16.6 Å². The Labute approximate surface area is 124 Å². The van der Waals surface area contributed by atoms with E-state index < -0.39 is 5.97 Å². The van der Waals surface area contributed by atoms with Crippen molar-refractivity contribution in [1.29, 1.82) is 0 Å². The van der Waals surface area contributed by atoms with Gasteiger partial charge < -0.3 is 10.4 Å². The van der Waals surface area contributed by atoms with Gasteiger partial charge in [0.05, 0.1) is 5.56 Å². The maximum Gasteiger partial charge on any atom is 0.335 e. The molecule has 1 heterocycles. The number of aromatic carboxylic acids is 1. The van der Waals surface area contributed by atoms with E-state index in [1.807, 2.05) is 25.6 Å². The molecule has 1 aliphatic rings. The van der Waals surface area contributed by atoms with Crippen molar-refractivity contribution in [1.82, 2.24) is 4.98 Å². The van der Waals surface area contributed by atoms with Crippen LogP contribution < -0.4 is 5.32 Å². The predicted molar refractivity (Wildman–Crippen MR) is 83.9 cm³/mol. The zero-order valence-corrected chi connectivity index (χ0v) is 13.0. The van der Waals surface area contributed by atoms with Gasteiger partial charge in [0.25, 0.3) is 0 Å². The molecule has 4 nitrogen and oxygen atoms in total. The molecule has 110 valence electrons. The van der Waals surface area contributed by atoms with Crippen LogP contribution in [0.4, 0.5) is 5.82 Å². The number of carboxylic acids is 1. The summed E-state index contributed by atoms with van der Waals surface area (Å²) in [6.45, 7) is 4.05. The van der Waals surface area contributed by atoms with E-state index in [-0.39, 0.29) is 5.92 Å². The lowest BCUT2D eigenvalue weighted by Gasteiger charge is -2.20. The number of nitrogens with zero attached hydrogens (tertiary/aromatic N) is 1. The molecule has 1 aromatic rings. The molecule has 2 atom stereocenters. The molecule has 0 bridgehead atoms. The zero-order valence-electron chi connectivity index (χ0n) is 12.2. The summed E-state index contributed by atoms with van der Waals surface area (Å²) in [6.07, 6.45) is 5.69. The Bertz CT molecular complexity index is 491. The number of hydrogen-bond donors (Lipinski definition) is 2. The lowest BCUT2D eigenvalue weighted by Crippen LogP contribution is -2.26. The second-order valence-electron chi connectivity index (χ2n) is 5.58. The molecule has 0 saturated heterocycles. The number of rotatable bonds is 5. The van der Waals surface area contributed by atoms with Gasteiger partial charge in [0, 0.05) is 17.0 Å². The Kier molecular flexibility index (Phi) is 4.91. The highest BCUT2D eigenvalue weighted by Gasteiger charge is 2.27. The van der Waals surface area contributed by atoms with Gasteiger partial charge in [-0.15, -0.1) is 0 Å². The molecule has 0 radical (unpaired) electrons. The number of carbonyl (C=O) groups is 1. The molecule has 20 heavy (non-hydrogen) atoms. The van der Waals surface area contributed by atoms with Crippen molar-refractivity contribution >= 4 is 23.5 Å². The van der Waals surface area contributed by atoms with Gasteiger partial charge in [-0.3, -0.25) is 0 Å². The van der Waals surface area contributed by atoms with E-state index in [9.17, 15) is 9.90 Å². The molecule has 1 aliphatic carbocycles. The molecule has 2 unspecified atom stereocenters. The monoisotopic (exact) mass is 294 g/mol. The lowest BCUT2D eigenvalue weighted by atomic mass is 10.1. The van der Waals surface area contributed by atoms with E-state index >= 15 is 0 Å². The number of aromatic nitrogens is 1. The fraction of sp³-hybridized carbons (Fsp3) is 0.600. The molecule has 0 spiro atoms. The van der Waals surface area contributed by atoms with Gasteiger partial charge in [0.1, 0.15) is 5.82 Å². The highest BCUT2D eigenvalue weighted by Crippen LogP contribution is 2.31. The summed E-state index contributed by atoms with van der Waals surface area (Å²) in [5.41, 5.74) is 1.14. The Morgan fingerprint density at radius 2 is 2.20 bits per heavy atom. The number of anilines is 1. The number of thioether (sulfide) groups is 1. The first kappa shape index (κ1) is 15.2. The van der Waals surface area contributed by atoms with Gasteiger partial charge in [-0.1, -0.05) is 20.3 Å². The molecule has 2 N–H and O–H groups in total. The van der Waals surface area contributed by atoms with Gasteiger partial charge in [0.2, 0.25) is 0 Å². The fourth-order valence-corrected chi connectivity index (χ4v) is 3.54. The summed E-state index contributed by atoms with van der Waals surface area (Å²) < 4.78 is 0. The van der Waals surface area contributed by atoms with Crippen LogP contribution in [0.1, 0.15) is 55.1 Å². The van der Waals surface area contributed by atoms with Crippen molar-refractivity contribution < 1.29 is 9.90 Å². The first-order chi connectivity index (χ1) is 9.51. The summed E-state index contributed by atoms with van der Waals surface area (Å²) in [7, 11) is 0. The summed E-state index contributed by atoms with van der Waals surface area (Å²) in [4.78, 5) is 15.8. The molecule has 2 rings (SSSR count). The highest BCUT2D eigenvalue weighted by atomic mass is 32.2. The van der Waals surface area contributed by atoms with Crippen LogP contribution in [0, 0.1) is 0 Å². The Hall–Kier alpha value is -1.23. The van der Waals surface area contributed by atoms with Crippen LogP contribution in [-0.2, 0) is 0 Å². The third-order valence-electron chi connectivity index (χ3n) is 3.77. The van der Waals surface area contributed by atoms with Crippen LogP contribution in [0.3, 0.4) is 0 Å². The minimum absolute atomic E-state index is 0.217. The highest BCUT2D eigenvalue weighted by molar-refractivity contribution is 7.99. The minimum atomic E-state index is -0.898. The average molecular weight is 294 g/mol. The normalized spacial score (nSPS) is 22.2. The van der Waals surface area contributed by atoms with Gasteiger partial charge >= 0.3 is 5.97 Å². The molecular weight excluding hydrogens is 272 g/mol. The maximum absolute atomic E-state index is 11.2.